The summed E-state index contributed by atoms with van der Waals surface area (Å²) in [5.74, 6) is 14.5. The van der Waals surface area contributed by atoms with Crippen molar-refractivity contribution in [1.82, 2.24) is 15.1 Å². The molecule has 3 aromatic rings. The van der Waals surface area contributed by atoms with Crippen LogP contribution in [0.5, 0.6) is 0 Å². The number of hydrogen-bond acceptors (Lipinski definition) is 14. The average molecular weight is 1460 g/mol. The maximum atomic E-state index is 12.9. The number of hydrogen-bond donors (Lipinski definition) is 1. The van der Waals surface area contributed by atoms with Gasteiger partial charge in [-0.15, -0.1) is 34.0 Å². The lowest BCUT2D eigenvalue weighted by Gasteiger charge is -2.44. The predicted octanol–water partition coefficient (Wildman–Crippen LogP) is 16.3. The van der Waals surface area contributed by atoms with E-state index in [1.54, 1.807) is 28.2 Å². The second-order valence-corrected chi connectivity index (χ2v) is 35.0. The molecule has 0 radical (unpaired) electrons. The standard InChI is InChI=1S/C29H41NO3S.C23H34INO3S.C18H26INO2S/c1-20-6-8-22(9-7-20)24-11-14-30(17-21-12-15-33-19-21)18-26(24)25-16-23(10-13-29(2,3)4)34-27(25)28(31)32-5;1-15-3-5-17(6-4-15)18-7-9-25(12-16-8-10-28-14-16)13-20(18)19-11-21(24)29-22(19)23(26)27-2;1-11-3-5-12(6-4-11)13-7-8-20-10-15(13)14-9-16(19)23-17(14)18(21)22-2/h16,20-22H,6-9,11-12,14-15,17-19H2,1-5H3;11,15-18,20H,3-10,12-14H2,1-2H3;9,11-13,15,20H,3-8,10H2,1-2H3. The number of esters is 3. The number of methoxy groups -OCH3 is 3. The number of piperidine rings is 2. The van der Waals surface area contributed by atoms with Gasteiger partial charge in [-0.1, -0.05) is 76.7 Å². The molecule has 16 heteroatoms. The highest BCUT2D eigenvalue weighted by Crippen LogP contribution is 2.49. The van der Waals surface area contributed by atoms with E-state index in [2.05, 4.69) is 132 Å². The van der Waals surface area contributed by atoms with E-state index in [4.69, 9.17) is 23.7 Å². The molecular formula is C70H101I2N3O8S3. The van der Waals surface area contributed by atoms with Crippen LogP contribution in [0.1, 0.15) is 213 Å². The SMILES string of the molecule is COC(=O)c1sc(C#CC(C)(C)C)cc1C1=C(C2CCC(C)CC2)CCN(CC2CCOC2)C1.COC(=O)c1sc(I)cc1C1CN(CC2CCOC2)CCC1C1CCC(C)CC1.COC(=O)c1sc(I)cc1C1CNCCC1C1CCC(C)CC1. The van der Waals surface area contributed by atoms with E-state index in [0.717, 1.165) is 135 Å². The molecule has 3 aliphatic carbocycles. The summed E-state index contributed by atoms with van der Waals surface area (Å²) in [6, 6.07) is 6.65. The Hall–Kier alpha value is -1.93. The van der Waals surface area contributed by atoms with E-state index in [1.165, 1.54) is 158 Å². The third-order valence-electron chi connectivity index (χ3n) is 20.7. The molecule has 11 rings (SSSR count). The molecule has 86 heavy (non-hydrogen) atoms. The lowest BCUT2D eigenvalue weighted by molar-refractivity contribution is 0.0588. The number of nitrogens with zero attached hydrogens (tertiary/aromatic N) is 2. The number of ether oxygens (including phenoxy) is 5. The Morgan fingerprint density at radius 2 is 1.14 bits per heavy atom. The molecule has 1 N–H and O–H groups in total. The summed E-state index contributed by atoms with van der Waals surface area (Å²) >= 11 is 9.35. The van der Waals surface area contributed by atoms with Crippen LogP contribution in [0.2, 0.25) is 0 Å². The molecule has 0 amide bonds. The van der Waals surface area contributed by atoms with Gasteiger partial charge >= 0.3 is 17.9 Å². The Morgan fingerprint density at radius 1 is 0.628 bits per heavy atom. The molecular weight excluding hydrogens is 1360 g/mol. The number of thiophene rings is 3. The molecule has 0 spiro atoms. The van der Waals surface area contributed by atoms with Crippen molar-refractivity contribution < 1.29 is 38.1 Å². The molecule has 8 aliphatic rings. The molecule has 8 heterocycles. The van der Waals surface area contributed by atoms with Crippen molar-refractivity contribution in [2.45, 2.75) is 163 Å². The smallest absolute Gasteiger partial charge is 0.348 e. The van der Waals surface area contributed by atoms with Gasteiger partial charge in [-0.05, 0) is 244 Å². The summed E-state index contributed by atoms with van der Waals surface area (Å²) in [4.78, 5) is 46.1. The van der Waals surface area contributed by atoms with Gasteiger partial charge < -0.3 is 33.9 Å². The fourth-order valence-electron chi connectivity index (χ4n) is 15.8. The van der Waals surface area contributed by atoms with E-state index in [9.17, 15) is 14.4 Å². The highest BCUT2D eigenvalue weighted by molar-refractivity contribution is 14.1. The normalized spacial score (nSPS) is 30.3. The number of nitrogens with one attached hydrogen (secondary N) is 1. The molecule has 3 aromatic heterocycles. The number of halogens is 2. The second kappa shape index (κ2) is 32.6. The lowest BCUT2D eigenvalue weighted by Crippen LogP contribution is -2.44. The molecule has 0 bridgehead atoms. The maximum Gasteiger partial charge on any atom is 0.348 e. The van der Waals surface area contributed by atoms with Gasteiger partial charge in [0, 0.05) is 75.3 Å². The van der Waals surface area contributed by atoms with Crippen LogP contribution in [0.15, 0.2) is 23.8 Å². The van der Waals surface area contributed by atoms with Gasteiger partial charge in [-0.3, -0.25) is 4.90 Å². The number of likely N-dealkylation sites (tertiary alicyclic amines) is 1. The Morgan fingerprint density at radius 3 is 1.66 bits per heavy atom. The van der Waals surface area contributed by atoms with Gasteiger partial charge in [-0.25, -0.2) is 14.4 Å². The minimum absolute atomic E-state index is 0.0796. The van der Waals surface area contributed by atoms with Crippen LogP contribution in [0.3, 0.4) is 0 Å². The van der Waals surface area contributed by atoms with E-state index < -0.39 is 0 Å². The lowest BCUT2D eigenvalue weighted by atomic mass is 9.67. The highest BCUT2D eigenvalue weighted by atomic mass is 127. The molecule has 5 aliphatic heterocycles. The van der Waals surface area contributed by atoms with Gasteiger partial charge in [-0.2, -0.15) is 0 Å². The van der Waals surface area contributed by atoms with Crippen LogP contribution in [0.25, 0.3) is 5.57 Å². The Labute approximate surface area is 556 Å². The summed E-state index contributed by atoms with van der Waals surface area (Å²) in [5.41, 5.74) is 6.42. The third kappa shape index (κ3) is 18.4. The zero-order chi connectivity index (χ0) is 61.1. The molecule has 0 aromatic carbocycles. The Balaban J connectivity index is 0.000000157. The minimum atomic E-state index is -0.241. The van der Waals surface area contributed by atoms with E-state index >= 15 is 0 Å². The second-order valence-electron chi connectivity index (χ2n) is 28.0. The van der Waals surface area contributed by atoms with Crippen LogP contribution < -0.4 is 5.32 Å². The van der Waals surface area contributed by atoms with Gasteiger partial charge in [0.05, 0.1) is 45.2 Å². The Kier molecular flexibility index (Phi) is 25.9. The fourth-order valence-corrected chi connectivity index (χ4v) is 20.5. The fraction of sp³-hybridized carbons (Fsp3) is 0.729. The van der Waals surface area contributed by atoms with Gasteiger partial charge in [0.15, 0.2) is 0 Å². The van der Waals surface area contributed by atoms with Crippen LogP contribution in [0.4, 0.5) is 0 Å². The summed E-state index contributed by atoms with van der Waals surface area (Å²) < 4.78 is 29.0. The summed E-state index contributed by atoms with van der Waals surface area (Å²) in [6.07, 6.45) is 22.0. The van der Waals surface area contributed by atoms with Crippen LogP contribution in [-0.4, -0.2) is 128 Å². The molecule has 3 saturated carbocycles. The first-order chi connectivity index (χ1) is 41.4. The molecule has 476 valence electrons. The first-order valence-electron chi connectivity index (χ1n) is 32.9. The van der Waals surface area contributed by atoms with Gasteiger partial charge in [0.1, 0.15) is 14.6 Å². The first-order valence-corrected chi connectivity index (χ1v) is 37.5. The van der Waals surface area contributed by atoms with Crippen molar-refractivity contribution >= 4 is 103 Å². The molecule has 6 unspecified atom stereocenters. The van der Waals surface area contributed by atoms with E-state index in [-0.39, 0.29) is 23.3 Å². The zero-order valence-corrected chi connectivity index (χ0v) is 60.1. The van der Waals surface area contributed by atoms with Crippen molar-refractivity contribution in [2.24, 2.45) is 64.6 Å². The molecule has 7 fully saturated rings. The van der Waals surface area contributed by atoms with Crippen molar-refractivity contribution in [3.05, 3.63) is 65.7 Å². The maximum absolute atomic E-state index is 12.9. The topological polar surface area (TPSA) is 116 Å². The predicted molar refractivity (Wildman–Crippen MR) is 369 cm³/mol. The van der Waals surface area contributed by atoms with E-state index in [1.807, 2.05) is 0 Å². The van der Waals surface area contributed by atoms with Crippen LogP contribution >= 0.6 is 79.2 Å². The monoisotopic (exact) mass is 1460 g/mol. The Bertz CT molecular complexity index is 2790. The van der Waals surface area contributed by atoms with Crippen molar-refractivity contribution in [1.29, 1.82) is 0 Å². The van der Waals surface area contributed by atoms with Gasteiger partial charge in [0.25, 0.3) is 0 Å². The summed E-state index contributed by atoms with van der Waals surface area (Å²) in [6.45, 7) is 25.7. The largest absolute Gasteiger partial charge is 0.465 e. The first kappa shape index (κ1) is 68.4. The summed E-state index contributed by atoms with van der Waals surface area (Å²) in [7, 11) is 4.47. The zero-order valence-electron chi connectivity index (χ0n) is 53.3. The van der Waals surface area contributed by atoms with Crippen molar-refractivity contribution in [2.75, 3.05) is 100 Å². The molecule has 4 saturated heterocycles. The number of carbonyl (C=O) groups excluding carboxylic acids is 3. The van der Waals surface area contributed by atoms with E-state index in [0.29, 0.717) is 46.3 Å². The molecule has 11 nitrogen and oxygen atoms in total. The van der Waals surface area contributed by atoms with Crippen LogP contribution in [0, 0.1) is 82.2 Å². The average Bonchev–Trinajstić information content (AvgIpc) is 1.85. The molecule has 6 atom stereocenters. The summed E-state index contributed by atoms with van der Waals surface area (Å²) in [5, 5.41) is 3.55. The van der Waals surface area contributed by atoms with Crippen molar-refractivity contribution in [3.63, 3.8) is 0 Å². The quantitative estimate of drug-likeness (QED) is 0.0763. The van der Waals surface area contributed by atoms with Crippen LogP contribution in [-0.2, 0) is 23.7 Å². The van der Waals surface area contributed by atoms with Gasteiger partial charge in [0.2, 0.25) is 0 Å². The highest BCUT2D eigenvalue weighted by Gasteiger charge is 2.41. The number of rotatable bonds is 13. The third-order valence-corrected chi connectivity index (χ3v) is 25.5. The van der Waals surface area contributed by atoms with Crippen molar-refractivity contribution in [3.8, 4) is 11.8 Å². The number of carbonyl (C=O) groups is 3. The minimum Gasteiger partial charge on any atom is -0.465 e.